The lowest BCUT2D eigenvalue weighted by Crippen LogP contribution is -2.31. The van der Waals surface area contributed by atoms with E-state index in [2.05, 4.69) is 41.7 Å². The predicted octanol–water partition coefficient (Wildman–Crippen LogP) is 1.16. The molecular formula is C11H16N4. The van der Waals surface area contributed by atoms with E-state index in [0.29, 0.717) is 5.69 Å². The summed E-state index contributed by atoms with van der Waals surface area (Å²) in [5, 5.41) is 12.3. The number of fused-ring (bicyclic) bond motifs is 1. The van der Waals surface area contributed by atoms with Gasteiger partial charge < -0.3 is 9.88 Å². The predicted molar refractivity (Wildman–Crippen MR) is 57.3 cm³/mol. The minimum absolute atomic E-state index is 0.00118. The van der Waals surface area contributed by atoms with Crippen LogP contribution in [0.25, 0.3) is 0 Å². The second-order valence-electron chi connectivity index (χ2n) is 4.92. The smallest absolute Gasteiger partial charge is 0.163 e. The monoisotopic (exact) mass is 204 g/mol. The highest BCUT2D eigenvalue weighted by molar-refractivity contribution is 5.31. The average Bonchev–Trinajstić information content (AvgIpc) is 2.55. The molecule has 4 nitrogen and oxygen atoms in total. The molecule has 0 aromatic carbocycles. The fourth-order valence-corrected chi connectivity index (χ4v) is 1.97. The van der Waals surface area contributed by atoms with Crippen LogP contribution in [0.15, 0.2) is 0 Å². The van der Waals surface area contributed by atoms with Crippen molar-refractivity contribution >= 4 is 0 Å². The van der Waals surface area contributed by atoms with E-state index in [9.17, 15) is 0 Å². The standard InChI is InChI=1S/C11H16N4/c1-11(2,3)10-14-8(6-12)9-7-13-4-5-15(9)10/h13H,4-5,7H2,1-3H3. The Balaban J connectivity index is 2.58. The molecule has 4 heteroatoms. The van der Waals surface area contributed by atoms with E-state index in [1.165, 1.54) is 0 Å². The Morgan fingerprint density at radius 1 is 1.47 bits per heavy atom. The van der Waals surface area contributed by atoms with E-state index < -0.39 is 0 Å². The van der Waals surface area contributed by atoms with Crippen LogP contribution in [0, 0.1) is 11.3 Å². The minimum atomic E-state index is 0.00118. The molecular weight excluding hydrogens is 188 g/mol. The van der Waals surface area contributed by atoms with Gasteiger partial charge in [-0.15, -0.1) is 0 Å². The third-order valence-electron chi connectivity index (χ3n) is 2.65. The number of hydrogen-bond donors (Lipinski definition) is 1. The van der Waals surface area contributed by atoms with Gasteiger partial charge in [0, 0.05) is 25.0 Å². The van der Waals surface area contributed by atoms with E-state index in [-0.39, 0.29) is 5.41 Å². The largest absolute Gasteiger partial charge is 0.328 e. The van der Waals surface area contributed by atoms with Crippen molar-refractivity contribution < 1.29 is 0 Å². The number of imidazole rings is 1. The third kappa shape index (κ3) is 1.64. The number of nitrogens with zero attached hydrogens (tertiary/aromatic N) is 3. The van der Waals surface area contributed by atoms with Gasteiger partial charge in [0.15, 0.2) is 5.69 Å². The highest BCUT2D eigenvalue weighted by atomic mass is 15.2. The molecule has 1 aliphatic rings. The molecule has 0 unspecified atom stereocenters. The average molecular weight is 204 g/mol. The second-order valence-corrected chi connectivity index (χ2v) is 4.92. The molecule has 0 atom stereocenters. The van der Waals surface area contributed by atoms with E-state index in [0.717, 1.165) is 31.2 Å². The molecule has 1 aromatic rings. The highest BCUT2D eigenvalue weighted by Crippen LogP contribution is 2.25. The van der Waals surface area contributed by atoms with Crippen LogP contribution in [0.2, 0.25) is 0 Å². The summed E-state index contributed by atoms with van der Waals surface area (Å²) in [5.41, 5.74) is 1.61. The molecule has 0 bridgehead atoms. The van der Waals surface area contributed by atoms with E-state index in [1.807, 2.05) is 0 Å². The van der Waals surface area contributed by atoms with Crippen LogP contribution >= 0.6 is 0 Å². The van der Waals surface area contributed by atoms with Crippen molar-refractivity contribution in [2.45, 2.75) is 39.3 Å². The van der Waals surface area contributed by atoms with Crippen LogP contribution in [0.5, 0.6) is 0 Å². The first-order valence-corrected chi connectivity index (χ1v) is 5.24. The van der Waals surface area contributed by atoms with Crippen molar-refractivity contribution in [1.82, 2.24) is 14.9 Å². The second kappa shape index (κ2) is 3.35. The summed E-state index contributed by atoms with van der Waals surface area (Å²) < 4.78 is 2.19. The molecule has 0 radical (unpaired) electrons. The number of nitriles is 1. The topological polar surface area (TPSA) is 53.6 Å². The maximum Gasteiger partial charge on any atom is 0.163 e. The van der Waals surface area contributed by atoms with Crippen LogP contribution in [0.3, 0.4) is 0 Å². The highest BCUT2D eigenvalue weighted by Gasteiger charge is 2.26. The van der Waals surface area contributed by atoms with Crippen molar-refractivity contribution in [2.75, 3.05) is 6.54 Å². The zero-order chi connectivity index (χ0) is 11.1. The van der Waals surface area contributed by atoms with Crippen LogP contribution in [-0.2, 0) is 18.5 Å². The van der Waals surface area contributed by atoms with Gasteiger partial charge in [0.1, 0.15) is 11.9 Å². The van der Waals surface area contributed by atoms with Crippen molar-refractivity contribution in [1.29, 1.82) is 5.26 Å². The lowest BCUT2D eigenvalue weighted by molar-refractivity contribution is 0.449. The van der Waals surface area contributed by atoms with Gasteiger partial charge in [-0.3, -0.25) is 0 Å². The van der Waals surface area contributed by atoms with Crippen molar-refractivity contribution in [3.63, 3.8) is 0 Å². The van der Waals surface area contributed by atoms with Gasteiger partial charge in [-0.05, 0) is 0 Å². The fourth-order valence-electron chi connectivity index (χ4n) is 1.97. The summed E-state index contributed by atoms with van der Waals surface area (Å²) in [7, 11) is 0. The van der Waals surface area contributed by atoms with Crippen LogP contribution in [0.1, 0.15) is 38.0 Å². The number of hydrogen-bond acceptors (Lipinski definition) is 3. The summed E-state index contributed by atoms with van der Waals surface area (Å²) in [6.45, 7) is 9.02. The SMILES string of the molecule is CC(C)(C)c1nc(C#N)c2n1CCNC2. The molecule has 80 valence electrons. The maximum absolute atomic E-state index is 9.02. The molecule has 0 amide bonds. The molecule has 1 aromatic heterocycles. The lowest BCUT2D eigenvalue weighted by Gasteiger charge is -2.23. The number of nitrogens with one attached hydrogen (secondary N) is 1. The molecule has 0 spiro atoms. The van der Waals surface area contributed by atoms with E-state index >= 15 is 0 Å². The van der Waals surface area contributed by atoms with Crippen LogP contribution < -0.4 is 5.32 Å². The Morgan fingerprint density at radius 2 is 2.20 bits per heavy atom. The molecule has 2 rings (SSSR count). The summed E-state index contributed by atoms with van der Waals surface area (Å²) in [6, 6.07) is 2.18. The van der Waals surface area contributed by atoms with E-state index in [1.54, 1.807) is 0 Å². The van der Waals surface area contributed by atoms with Gasteiger partial charge in [0.2, 0.25) is 0 Å². The Kier molecular flexibility index (Phi) is 2.28. The summed E-state index contributed by atoms with van der Waals surface area (Å²) in [4.78, 5) is 4.44. The molecule has 1 N–H and O–H groups in total. The Bertz CT molecular complexity index is 417. The fraction of sp³-hybridized carbons (Fsp3) is 0.636. The molecule has 0 fully saturated rings. The maximum atomic E-state index is 9.02. The first-order chi connectivity index (χ1) is 7.04. The van der Waals surface area contributed by atoms with Crippen molar-refractivity contribution in [2.24, 2.45) is 0 Å². The van der Waals surface area contributed by atoms with Gasteiger partial charge in [-0.1, -0.05) is 20.8 Å². The zero-order valence-electron chi connectivity index (χ0n) is 9.46. The van der Waals surface area contributed by atoms with Gasteiger partial charge in [0.05, 0.1) is 5.69 Å². The van der Waals surface area contributed by atoms with Crippen molar-refractivity contribution in [3.8, 4) is 6.07 Å². The van der Waals surface area contributed by atoms with Gasteiger partial charge in [-0.2, -0.15) is 5.26 Å². The molecule has 15 heavy (non-hydrogen) atoms. The third-order valence-corrected chi connectivity index (χ3v) is 2.65. The summed E-state index contributed by atoms with van der Waals surface area (Å²) >= 11 is 0. The van der Waals surface area contributed by atoms with Gasteiger partial charge in [-0.25, -0.2) is 4.98 Å². The molecule has 0 aliphatic carbocycles. The normalized spacial score (nSPS) is 15.9. The first-order valence-electron chi connectivity index (χ1n) is 5.24. The van der Waals surface area contributed by atoms with Gasteiger partial charge >= 0.3 is 0 Å². The number of rotatable bonds is 0. The van der Waals surface area contributed by atoms with E-state index in [4.69, 9.17) is 5.26 Å². The first kappa shape index (κ1) is 10.2. The molecule has 0 saturated carbocycles. The Morgan fingerprint density at radius 3 is 2.80 bits per heavy atom. The van der Waals surface area contributed by atoms with Crippen LogP contribution in [-0.4, -0.2) is 16.1 Å². The van der Waals surface area contributed by atoms with Crippen LogP contribution in [0.4, 0.5) is 0 Å². The summed E-state index contributed by atoms with van der Waals surface area (Å²) in [6.07, 6.45) is 0. The minimum Gasteiger partial charge on any atom is -0.328 e. The lowest BCUT2D eigenvalue weighted by atomic mass is 9.95. The number of aromatic nitrogens is 2. The van der Waals surface area contributed by atoms with Crippen molar-refractivity contribution in [3.05, 3.63) is 17.2 Å². The summed E-state index contributed by atoms with van der Waals surface area (Å²) in [5.74, 6) is 1.02. The molecule has 1 aliphatic heterocycles. The Labute approximate surface area is 89.9 Å². The van der Waals surface area contributed by atoms with Gasteiger partial charge in [0.25, 0.3) is 0 Å². The zero-order valence-corrected chi connectivity index (χ0v) is 9.46. The molecule has 2 heterocycles. The Hall–Kier alpha value is -1.34. The molecule has 0 saturated heterocycles. The quantitative estimate of drug-likeness (QED) is 0.690.